The number of nitrogens with zero attached hydrogens (tertiary/aromatic N) is 2. The van der Waals surface area contributed by atoms with Gasteiger partial charge >= 0.3 is 0 Å². The quantitative estimate of drug-likeness (QED) is 0.532. The summed E-state index contributed by atoms with van der Waals surface area (Å²) >= 11 is 1.01. The molecule has 0 bridgehead atoms. The second kappa shape index (κ2) is 6.65. The Morgan fingerprint density at radius 2 is 1.63 bits per heavy atom. The van der Waals surface area contributed by atoms with Gasteiger partial charge in [-0.15, -0.1) is 0 Å². The maximum absolute atomic E-state index is 12.7. The molecule has 4 aromatic rings. The first kappa shape index (κ1) is 16.9. The Labute approximate surface area is 157 Å². The topological polar surface area (TPSA) is 107 Å². The lowest BCUT2D eigenvalue weighted by molar-refractivity contribution is -0.116. The number of anilines is 1. The van der Waals surface area contributed by atoms with Crippen molar-refractivity contribution in [3.05, 3.63) is 69.8 Å². The number of para-hydroxylation sites is 2. The molecule has 0 saturated heterocycles. The number of amides is 2. The maximum Gasteiger partial charge on any atom is 0.260 e. The second-order valence-electron chi connectivity index (χ2n) is 5.89. The normalized spacial score (nSPS) is 11.0. The third kappa shape index (κ3) is 3.06. The first-order valence-electron chi connectivity index (χ1n) is 8.10. The lowest BCUT2D eigenvalue weighted by atomic mass is 10.1. The molecule has 0 saturated carbocycles. The molecule has 2 amide bonds. The molecule has 7 nitrogen and oxygen atoms in total. The third-order valence-electron chi connectivity index (χ3n) is 4.18. The number of carbonyl (C=O) groups excluding carboxylic acids is 2. The van der Waals surface area contributed by atoms with Gasteiger partial charge in [-0.1, -0.05) is 35.6 Å². The van der Waals surface area contributed by atoms with Crippen LogP contribution in [-0.2, 0) is 11.3 Å². The zero-order valence-corrected chi connectivity index (χ0v) is 14.8. The van der Waals surface area contributed by atoms with E-state index in [-0.39, 0.29) is 22.8 Å². The highest BCUT2D eigenvalue weighted by Gasteiger charge is 2.14. The van der Waals surface area contributed by atoms with Crippen molar-refractivity contribution in [2.45, 2.75) is 6.54 Å². The molecule has 0 aliphatic carbocycles. The highest BCUT2D eigenvalue weighted by molar-refractivity contribution is 7.17. The van der Waals surface area contributed by atoms with Crippen LogP contribution in [0.1, 0.15) is 9.67 Å². The minimum atomic E-state index is -0.592. The number of hydrogen-bond donors (Lipinski definition) is 2. The molecule has 0 radical (unpaired) electrons. The fourth-order valence-corrected chi connectivity index (χ4v) is 3.68. The minimum Gasteiger partial charge on any atom is -0.365 e. The number of rotatable bonds is 4. The van der Waals surface area contributed by atoms with Crippen LogP contribution < -0.4 is 16.5 Å². The van der Waals surface area contributed by atoms with Crippen molar-refractivity contribution in [1.29, 1.82) is 0 Å². The van der Waals surface area contributed by atoms with Crippen LogP contribution in [0.2, 0.25) is 0 Å². The third-order valence-corrected chi connectivity index (χ3v) is 5.10. The Balaban J connectivity index is 1.76. The molecule has 0 unspecified atom stereocenters. The van der Waals surface area contributed by atoms with Gasteiger partial charge in [0.15, 0.2) is 10.6 Å². The highest BCUT2D eigenvalue weighted by atomic mass is 32.1. The van der Waals surface area contributed by atoms with Gasteiger partial charge in [-0.3, -0.25) is 14.4 Å². The van der Waals surface area contributed by atoms with Gasteiger partial charge in [0.1, 0.15) is 11.4 Å². The molecule has 2 heterocycles. The van der Waals surface area contributed by atoms with Crippen molar-refractivity contribution in [1.82, 2.24) is 9.55 Å². The lowest BCUT2D eigenvalue weighted by Gasteiger charge is -2.14. The van der Waals surface area contributed by atoms with E-state index in [9.17, 15) is 14.4 Å². The van der Waals surface area contributed by atoms with Crippen LogP contribution in [0.25, 0.3) is 21.8 Å². The van der Waals surface area contributed by atoms with E-state index in [0.717, 1.165) is 11.3 Å². The van der Waals surface area contributed by atoms with E-state index in [0.29, 0.717) is 26.9 Å². The number of pyridine rings is 1. The number of primary amides is 1. The van der Waals surface area contributed by atoms with Crippen LogP contribution in [0.5, 0.6) is 0 Å². The summed E-state index contributed by atoms with van der Waals surface area (Å²) in [6, 6.07) is 14.4. The summed E-state index contributed by atoms with van der Waals surface area (Å²) in [6.45, 7) is -0.00715. The van der Waals surface area contributed by atoms with Crippen molar-refractivity contribution in [2.24, 2.45) is 5.73 Å². The molecular formula is C19H14N4O3S. The molecular weight excluding hydrogens is 364 g/mol. The average molecular weight is 378 g/mol. The molecule has 2 aromatic heterocycles. The molecule has 27 heavy (non-hydrogen) atoms. The van der Waals surface area contributed by atoms with Gasteiger partial charge in [0.25, 0.3) is 5.91 Å². The van der Waals surface area contributed by atoms with E-state index in [1.165, 1.54) is 6.20 Å². The molecule has 0 aliphatic rings. The standard InChI is InChI=1S/C19H14N4O3S/c20-18(26)15-9-21-19(27-15)22-16(24)10-23-13-7-3-1-5-11(13)17(25)12-6-2-4-8-14(12)23/h1-9H,10H2,(H2,20,26)(H,21,22,24). The monoisotopic (exact) mass is 378 g/mol. The number of carbonyl (C=O) groups is 2. The number of nitrogens with two attached hydrogens (primary N) is 1. The Morgan fingerprint density at radius 3 is 2.19 bits per heavy atom. The Morgan fingerprint density at radius 1 is 1.04 bits per heavy atom. The fourth-order valence-electron chi connectivity index (χ4n) is 3.00. The summed E-state index contributed by atoms with van der Waals surface area (Å²) in [5.74, 6) is -0.912. The van der Waals surface area contributed by atoms with Gasteiger partial charge in [-0.2, -0.15) is 0 Å². The number of nitrogens with one attached hydrogen (secondary N) is 1. The Hall–Kier alpha value is -3.52. The minimum absolute atomic E-state index is 0.00715. The van der Waals surface area contributed by atoms with Crippen LogP contribution in [0.15, 0.2) is 59.5 Å². The maximum atomic E-state index is 12.7. The lowest BCUT2D eigenvalue weighted by Crippen LogP contribution is -2.21. The van der Waals surface area contributed by atoms with Gasteiger partial charge in [0.05, 0.1) is 17.2 Å². The molecule has 134 valence electrons. The van der Waals surface area contributed by atoms with Gasteiger partial charge in [0.2, 0.25) is 5.91 Å². The Bertz CT molecular complexity index is 1200. The van der Waals surface area contributed by atoms with E-state index >= 15 is 0 Å². The molecule has 0 spiro atoms. The molecule has 2 aromatic carbocycles. The molecule has 8 heteroatoms. The van der Waals surface area contributed by atoms with E-state index < -0.39 is 5.91 Å². The van der Waals surface area contributed by atoms with E-state index in [4.69, 9.17) is 5.73 Å². The van der Waals surface area contributed by atoms with Gasteiger partial charge in [0, 0.05) is 10.8 Å². The Kier molecular flexibility index (Phi) is 4.17. The summed E-state index contributed by atoms with van der Waals surface area (Å²) in [5.41, 5.74) is 6.49. The van der Waals surface area contributed by atoms with Crippen molar-refractivity contribution in [3.63, 3.8) is 0 Å². The average Bonchev–Trinajstić information content (AvgIpc) is 3.14. The van der Waals surface area contributed by atoms with E-state index in [2.05, 4.69) is 10.3 Å². The zero-order valence-electron chi connectivity index (χ0n) is 14.0. The van der Waals surface area contributed by atoms with Gasteiger partial charge in [-0.25, -0.2) is 4.98 Å². The first-order chi connectivity index (χ1) is 13.0. The predicted octanol–water partition coefficient (Wildman–Crippen LogP) is 2.35. The molecule has 0 aliphatic heterocycles. The van der Waals surface area contributed by atoms with Crippen LogP contribution in [0.3, 0.4) is 0 Å². The number of thiazole rings is 1. The largest absolute Gasteiger partial charge is 0.365 e. The van der Waals surface area contributed by atoms with Crippen molar-refractivity contribution >= 4 is 50.1 Å². The molecule has 0 atom stereocenters. The highest BCUT2D eigenvalue weighted by Crippen LogP contribution is 2.20. The van der Waals surface area contributed by atoms with E-state index in [1.54, 1.807) is 28.8 Å². The zero-order chi connectivity index (χ0) is 19.0. The molecule has 3 N–H and O–H groups in total. The number of benzene rings is 2. The summed E-state index contributed by atoms with van der Waals surface area (Å²) < 4.78 is 1.80. The summed E-state index contributed by atoms with van der Waals surface area (Å²) in [5, 5.41) is 4.07. The van der Waals surface area contributed by atoms with E-state index in [1.807, 2.05) is 24.3 Å². The summed E-state index contributed by atoms with van der Waals surface area (Å²) in [4.78, 5) is 40.7. The van der Waals surface area contributed by atoms with Crippen molar-refractivity contribution in [3.8, 4) is 0 Å². The number of hydrogen-bond acceptors (Lipinski definition) is 5. The van der Waals surface area contributed by atoms with Crippen LogP contribution in [-0.4, -0.2) is 21.4 Å². The second-order valence-corrected chi connectivity index (χ2v) is 6.92. The van der Waals surface area contributed by atoms with Crippen molar-refractivity contribution < 1.29 is 9.59 Å². The van der Waals surface area contributed by atoms with Gasteiger partial charge < -0.3 is 15.6 Å². The summed E-state index contributed by atoms with van der Waals surface area (Å²) in [7, 11) is 0. The fraction of sp³-hybridized carbons (Fsp3) is 0.0526. The van der Waals surface area contributed by atoms with Crippen molar-refractivity contribution in [2.75, 3.05) is 5.32 Å². The smallest absolute Gasteiger partial charge is 0.260 e. The summed E-state index contributed by atoms with van der Waals surface area (Å²) in [6.07, 6.45) is 1.33. The predicted molar refractivity (Wildman–Crippen MR) is 105 cm³/mol. The molecule has 0 fully saturated rings. The number of fused-ring (bicyclic) bond motifs is 2. The van der Waals surface area contributed by atoms with Gasteiger partial charge in [-0.05, 0) is 24.3 Å². The van der Waals surface area contributed by atoms with Crippen LogP contribution in [0, 0.1) is 0 Å². The SMILES string of the molecule is NC(=O)c1cnc(NC(=O)Cn2c3ccccc3c(=O)c3ccccc32)s1. The number of aromatic nitrogens is 2. The first-order valence-corrected chi connectivity index (χ1v) is 8.92. The van der Waals surface area contributed by atoms with Crippen LogP contribution in [0.4, 0.5) is 5.13 Å². The molecule has 4 rings (SSSR count). The van der Waals surface area contributed by atoms with Crippen LogP contribution >= 0.6 is 11.3 Å².